The summed E-state index contributed by atoms with van der Waals surface area (Å²) in [5.74, 6) is 0. The highest BCUT2D eigenvalue weighted by Crippen LogP contribution is 2.23. The number of hydrogen-bond acceptors (Lipinski definition) is 3. The fourth-order valence-corrected chi connectivity index (χ4v) is 2.49. The Bertz CT molecular complexity index is 440. The van der Waals surface area contributed by atoms with E-state index in [9.17, 15) is 4.79 Å². The van der Waals surface area contributed by atoms with Gasteiger partial charge in [0.1, 0.15) is 5.60 Å². The first kappa shape index (κ1) is 14.7. The molecular weight excluding hydrogens is 252 g/mol. The van der Waals surface area contributed by atoms with Gasteiger partial charge in [0.05, 0.1) is 0 Å². The molecule has 1 fully saturated rings. The van der Waals surface area contributed by atoms with Crippen LogP contribution in [0.2, 0.25) is 0 Å². The maximum atomic E-state index is 11.7. The predicted molar refractivity (Wildman–Crippen MR) is 80.9 cm³/mol. The Kier molecular flexibility index (Phi) is 4.53. The van der Waals surface area contributed by atoms with Gasteiger partial charge in [-0.2, -0.15) is 0 Å². The van der Waals surface area contributed by atoms with Gasteiger partial charge in [-0.05, 0) is 52.2 Å². The van der Waals surface area contributed by atoms with Crippen LogP contribution in [0.4, 0.5) is 10.5 Å². The molecule has 2 rings (SSSR count). The lowest BCUT2D eigenvalue weighted by atomic mass is 10.2. The minimum atomic E-state index is -0.440. The van der Waals surface area contributed by atoms with Crippen molar-refractivity contribution < 1.29 is 9.53 Å². The molecular formula is C16H24N2O2. The fourth-order valence-electron chi connectivity index (χ4n) is 2.49. The van der Waals surface area contributed by atoms with Crippen molar-refractivity contribution in [1.82, 2.24) is 5.32 Å². The Morgan fingerprint density at radius 3 is 2.45 bits per heavy atom. The molecule has 1 aromatic carbocycles. The molecule has 0 heterocycles. The lowest BCUT2D eigenvalue weighted by molar-refractivity contribution is 0.0505. The summed E-state index contributed by atoms with van der Waals surface area (Å²) in [5, 5.41) is 6.45. The lowest BCUT2D eigenvalue weighted by Gasteiger charge is -2.22. The summed E-state index contributed by atoms with van der Waals surface area (Å²) in [6.45, 7) is 5.63. The van der Waals surface area contributed by atoms with Crippen molar-refractivity contribution in [3.63, 3.8) is 0 Å². The number of ether oxygens (including phenoxy) is 1. The zero-order valence-electron chi connectivity index (χ0n) is 12.5. The molecule has 110 valence electrons. The molecule has 20 heavy (non-hydrogen) atoms. The third kappa shape index (κ3) is 4.76. The molecule has 2 atom stereocenters. The highest BCUT2D eigenvalue weighted by atomic mass is 16.6. The van der Waals surface area contributed by atoms with E-state index >= 15 is 0 Å². The Hall–Kier alpha value is -1.71. The van der Waals surface area contributed by atoms with Crippen LogP contribution >= 0.6 is 0 Å². The molecule has 1 aromatic rings. The second-order valence-corrected chi connectivity index (χ2v) is 6.36. The quantitative estimate of drug-likeness (QED) is 0.887. The fraction of sp³-hybridized carbons (Fsp3) is 0.562. The van der Waals surface area contributed by atoms with Gasteiger partial charge in [-0.1, -0.05) is 18.2 Å². The van der Waals surface area contributed by atoms with Crippen molar-refractivity contribution in [2.45, 2.75) is 57.7 Å². The second kappa shape index (κ2) is 6.16. The number of carbonyl (C=O) groups excluding carboxylic acids is 1. The van der Waals surface area contributed by atoms with E-state index in [1.165, 1.54) is 0 Å². The van der Waals surface area contributed by atoms with Gasteiger partial charge in [-0.3, -0.25) is 0 Å². The van der Waals surface area contributed by atoms with Crippen molar-refractivity contribution in [2.24, 2.45) is 0 Å². The minimum absolute atomic E-state index is 0.200. The molecule has 0 spiro atoms. The first-order valence-electron chi connectivity index (χ1n) is 7.23. The molecule has 0 aliphatic heterocycles. The third-order valence-corrected chi connectivity index (χ3v) is 3.30. The molecule has 0 saturated heterocycles. The van der Waals surface area contributed by atoms with Crippen molar-refractivity contribution in [3.8, 4) is 0 Å². The van der Waals surface area contributed by atoms with Crippen molar-refractivity contribution in [3.05, 3.63) is 30.3 Å². The van der Waals surface area contributed by atoms with E-state index in [2.05, 4.69) is 22.8 Å². The monoisotopic (exact) mass is 276 g/mol. The van der Waals surface area contributed by atoms with Gasteiger partial charge in [0.25, 0.3) is 0 Å². The number of rotatable bonds is 3. The van der Waals surface area contributed by atoms with Gasteiger partial charge in [-0.25, -0.2) is 4.79 Å². The number of alkyl carbamates (subject to hydrolysis) is 1. The highest BCUT2D eigenvalue weighted by molar-refractivity contribution is 5.68. The van der Waals surface area contributed by atoms with Crippen molar-refractivity contribution in [2.75, 3.05) is 5.32 Å². The van der Waals surface area contributed by atoms with E-state index in [4.69, 9.17) is 4.74 Å². The van der Waals surface area contributed by atoms with Crippen LogP contribution in [0.5, 0.6) is 0 Å². The largest absolute Gasteiger partial charge is 0.444 e. The Morgan fingerprint density at radius 2 is 1.80 bits per heavy atom. The SMILES string of the molecule is CC(C)(C)OC(=O)NC1CCC(Nc2ccccc2)C1. The number of para-hydroxylation sites is 1. The van der Waals surface area contributed by atoms with Crippen molar-refractivity contribution in [1.29, 1.82) is 0 Å². The number of benzene rings is 1. The number of carbonyl (C=O) groups is 1. The first-order valence-corrected chi connectivity index (χ1v) is 7.23. The van der Waals surface area contributed by atoms with Crippen LogP contribution in [-0.4, -0.2) is 23.8 Å². The van der Waals surface area contributed by atoms with Gasteiger partial charge in [0.2, 0.25) is 0 Å². The Balaban J connectivity index is 1.77. The molecule has 2 N–H and O–H groups in total. The Morgan fingerprint density at radius 1 is 1.15 bits per heavy atom. The number of amides is 1. The average Bonchev–Trinajstić information content (AvgIpc) is 2.75. The summed E-state index contributed by atoms with van der Waals surface area (Å²) in [5.41, 5.74) is 0.695. The van der Waals surface area contributed by atoms with Gasteiger partial charge >= 0.3 is 6.09 Å². The van der Waals surface area contributed by atoms with E-state index < -0.39 is 5.60 Å². The Labute approximate surface area is 120 Å². The average molecular weight is 276 g/mol. The molecule has 1 aliphatic rings. The minimum Gasteiger partial charge on any atom is -0.444 e. The topological polar surface area (TPSA) is 50.4 Å². The summed E-state index contributed by atoms with van der Waals surface area (Å²) in [7, 11) is 0. The van der Waals surface area contributed by atoms with Crippen LogP contribution in [0, 0.1) is 0 Å². The summed E-state index contributed by atoms with van der Waals surface area (Å²) in [6.07, 6.45) is 2.68. The zero-order chi connectivity index (χ0) is 14.6. The molecule has 1 saturated carbocycles. The lowest BCUT2D eigenvalue weighted by Crippen LogP contribution is -2.38. The number of hydrogen-bond donors (Lipinski definition) is 2. The van der Waals surface area contributed by atoms with Crippen LogP contribution < -0.4 is 10.6 Å². The molecule has 1 amide bonds. The van der Waals surface area contributed by atoms with Crippen LogP contribution in [-0.2, 0) is 4.74 Å². The summed E-state index contributed by atoms with van der Waals surface area (Å²) in [6, 6.07) is 10.8. The number of nitrogens with one attached hydrogen (secondary N) is 2. The van der Waals surface area contributed by atoms with Gasteiger partial charge in [0, 0.05) is 17.8 Å². The van der Waals surface area contributed by atoms with Crippen LogP contribution in [0.15, 0.2) is 30.3 Å². The maximum absolute atomic E-state index is 11.7. The highest BCUT2D eigenvalue weighted by Gasteiger charge is 2.27. The second-order valence-electron chi connectivity index (χ2n) is 6.36. The van der Waals surface area contributed by atoms with Gasteiger partial charge < -0.3 is 15.4 Å². The third-order valence-electron chi connectivity index (χ3n) is 3.30. The summed E-state index contributed by atoms with van der Waals surface area (Å²) < 4.78 is 5.28. The smallest absolute Gasteiger partial charge is 0.407 e. The molecule has 2 unspecified atom stereocenters. The van der Waals surface area contributed by atoms with Crippen molar-refractivity contribution >= 4 is 11.8 Å². The molecule has 0 radical (unpaired) electrons. The normalized spacial score (nSPS) is 22.4. The predicted octanol–water partition coefficient (Wildman–Crippen LogP) is 3.54. The van der Waals surface area contributed by atoms with Gasteiger partial charge in [-0.15, -0.1) is 0 Å². The zero-order valence-corrected chi connectivity index (χ0v) is 12.5. The molecule has 1 aliphatic carbocycles. The van der Waals surface area contributed by atoms with E-state index in [0.29, 0.717) is 6.04 Å². The first-order chi connectivity index (χ1) is 9.42. The standard InChI is InChI=1S/C16H24N2O2/c1-16(2,3)20-15(19)18-14-10-9-13(11-14)17-12-7-5-4-6-8-12/h4-8,13-14,17H,9-11H2,1-3H3,(H,18,19). The van der Waals surface area contributed by atoms with Crippen LogP contribution in [0.25, 0.3) is 0 Å². The molecule has 0 aromatic heterocycles. The molecule has 0 bridgehead atoms. The maximum Gasteiger partial charge on any atom is 0.407 e. The van der Waals surface area contributed by atoms with E-state index in [-0.39, 0.29) is 12.1 Å². The molecule has 4 nitrogen and oxygen atoms in total. The number of anilines is 1. The van der Waals surface area contributed by atoms with Crippen LogP contribution in [0.1, 0.15) is 40.0 Å². The van der Waals surface area contributed by atoms with E-state index in [0.717, 1.165) is 24.9 Å². The van der Waals surface area contributed by atoms with Gasteiger partial charge in [0.15, 0.2) is 0 Å². The van der Waals surface area contributed by atoms with E-state index in [1.807, 2.05) is 39.0 Å². The summed E-state index contributed by atoms with van der Waals surface area (Å²) >= 11 is 0. The summed E-state index contributed by atoms with van der Waals surface area (Å²) in [4.78, 5) is 11.7. The van der Waals surface area contributed by atoms with E-state index in [1.54, 1.807) is 0 Å². The molecule has 4 heteroatoms. The van der Waals surface area contributed by atoms with Crippen LogP contribution in [0.3, 0.4) is 0 Å².